The highest BCUT2D eigenvalue weighted by atomic mass is 79.9. The third-order valence-electron chi connectivity index (χ3n) is 2.02. The van der Waals surface area contributed by atoms with Gasteiger partial charge >= 0.3 is 0 Å². The zero-order chi connectivity index (χ0) is 9.97. The van der Waals surface area contributed by atoms with Crippen molar-refractivity contribution in [3.05, 3.63) is 52.3 Å². The van der Waals surface area contributed by atoms with E-state index in [1.165, 1.54) is 11.1 Å². The predicted molar refractivity (Wildman–Crippen MR) is 60.2 cm³/mol. The van der Waals surface area contributed by atoms with Gasteiger partial charge in [-0.05, 0) is 30.2 Å². The van der Waals surface area contributed by atoms with E-state index in [9.17, 15) is 0 Å². The number of benzene rings is 1. The topological polar surface area (TPSA) is 17.8 Å². The molecule has 0 aliphatic heterocycles. The number of hydrogen-bond donors (Lipinski definition) is 0. The van der Waals surface area contributed by atoms with Gasteiger partial charge in [0.1, 0.15) is 0 Å². The van der Waals surface area contributed by atoms with Crippen molar-refractivity contribution in [2.75, 3.05) is 0 Å². The highest BCUT2D eigenvalue weighted by Crippen LogP contribution is 2.11. The molecule has 0 bridgehead atoms. The lowest BCUT2D eigenvalue weighted by molar-refractivity contribution is 0.686. The van der Waals surface area contributed by atoms with Gasteiger partial charge in [-0.3, -0.25) is 4.68 Å². The van der Waals surface area contributed by atoms with E-state index in [1.807, 2.05) is 36.1 Å². The second-order valence-electron chi connectivity index (χ2n) is 3.34. The van der Waals surface area contributed by atoms with Gasteiger partial charge in [0.15, 0.2) is 0 Å². The molecule has 1 heterocycles. The Kier molecular flexibility index (Phi) is 2.68. The minimum Gasteiger partial charge on any atom is -0.268 e. The van der Waals surface area contributed by atoms with Gasteiger partial charge in [-0.25, -0.2) is 0 Å². The van der Waals surface area contributed by atoms with Crippen molar-refractivity contribution in [2.24, 2.45) is 0 Å². The summed E-state index contributed by atoms with van der Waals surface area (Å²) in [4.78, 5) is 0. The van der Waals surface area contributed by atoms with E-state index in [2.05, 4.69) is 33.2 Å². The van der Waals surface area contributed by atoms with E-state index in [0.717, 1.165) is 11.0 Å². The van der Waals surface area contributed by atoms with Crippen LogP contribution in [-0.4, -0.2) is 9.78 Å². The van der Waals surface area contributed by atoms with Crippen molar-refractivity contribution >= 4 is 15.9 Å². The quantitative estimate of drug-likeness (QED) is 0.802. The molecule has 0 aliphatic rings. The Balaban J connectivity index is 2.15. The van der Waals surface area contributed by atoms with E-state index in [-0.39, 0.29) is 0 Å². The van der Waals surface area contributed by atoms with Crippen LogP contribution in [-0.2, 0) is 6.54 Å². The van der Waals surface area contributed by atoms with Crippen LogP contribution in [0.15, 0.2) is 41.1 Å². The molecule has 2 nitrogen and oxygen atoms in total. The van der Waals surface area contributed by atoms with E-state index >= 15 is 0 Å². The van der Waals surface area contributed by atoms with Crippen molar-refractivity contribution in [1.29, 1.82) is 0 Å². The largest absolute Gasteiger partial charge is 0.268 e. The minimum absolute atomic E-state index is 0.834. The summed E-state index contributed by atoms with van der Waals surface area (Å²) < 4.78 is 3.05. The normalized spacial score (nSPS) is 10.4. The number of halogens is 1. The van der Waals surface area contributed by atoms with Gasteiger partial charge in [0.2, 0.25) is 0 Å². The Bertz CT molecular complexity index is 417. The van der Waals surface area contributed by atoms with Gasteiger partial charge in [0, 0.05) is 10.7 Å². The van der Waals surface area contributed by atoms with Gasteiger partial charge in [-0.2, -0.15) is 5.10 Å². The first-order chi connectivity index (χ1) is 6.74. The molecule has 3 heteroatoms. The molecule has 0 fully saturated rings. The summed E-state index contributed by atoms with van der Waals surface area (Å²) >= 11 is 3.41. The summed E-state index contributed by atoms with van der Waals surface area (Å²) in [6.45, 7) is 2.88. The Morgan fingerprint density at radius 1 is 1.29 bits per heavy atom. The van der Waals surface area contributed by atoms with Crippen LogP contribution in [0.2, 0.25) is 0 Å². The predicted octanol–water partition coefficient (Wildman–Crippen LogP) is 3.00. The molecular weight excluding hydrogens is 240 g/mol. The molecule has 2 aromatic rings. The Hall–Kier alpha value is -1.09. The lowest BCUT2D eigenvalue weighted by Crippen LogP contribution is -1.99. The molecule has 72 valence electrons. The standard InChI is InChI=1S/C11H11BrN2/c1-9-6-13-14(7-9)8-10-2-4-11(12)5-3-10/h2-7H,8H2,1H3. The maximum absolute atomic E-state index is 4.24. The Labute approximate surface area is 91.7 Å². The second kappa shape index (κ2) is 3.96. The van der Waals surface area contributed by atoms with Crippen molar-refractivity contribution < 1.29 is 0 Å². The van der Waals surface area contributed by atoms with E-state index in [0.29, 0.717) is 0 Å². The maximum Gasteiger partial charge on any atom is 0.0659 e. The summed E-state index contributed by atoms with van der Waals surface area (Å²) in [5, 5.41) is 4.24. The van der Waals surface area contributed by atoms with Gasteiger partial charge < -0.3 is 0 Å². The second-order valence-corrected chi connectivity index (χ2v) is 4.26. The van der Waals surface area contributed by atoms with E-state index in [1.54, 1.807) is 0 Å². The fourth-order valence-electron chi connectivity index (χ4n) is 1.33. The summed E-state index contributed by atoms with van der Waals surface area (Å²) in [5.41, 5.74) is 2.46. The van der Waals surface area contributed by atoms with Crippen LogP contribution in [0, 0.1) is 6.92 Å². The van der Waals surface area contributed by atoms with Gasteiger partial charge in [0.25, 0.3) is 0 Å². The Morgan fingerprint density at radius 2 is 2.00 bits per heavy atom. The van der Waals surface area contributed by atoms with Crippen molar-refractivity contribution in [1.82, 2.24) is 9.78 Å². The summed E-state index contributed by atoms with van der Waals surface area (Å²) in [5.74, 6) is 0. The lowest BCUT2D eigenvalue weighted by Gasteiger charge is -2.01. The average molecular weight is 251 g/mol. The van der Waals surface area contributed by atoms with Crippen molar-refractivity contribution in [2.45, 2.75) is 13.5 Å². The highest BCUT2D eigenvalue weighted by Gasteiger charge is 1.96. The van der Waals surface area contributed by atoms with Gasteiger partial charge in [0.05, 0.1) is 12.7 Å². The van der Waals surface area contributed by atoms with E-state index < -0.39 is 0 Å². The molecule has 0 atom stereocenters. The van der Waals surface area contributed by atoms with Crippen LogP contribution in [0.3, 0.4) is 0 Å². The van der Waals surface area contributed by atoms with Crippen LogP contribution in [0.5, 0.6) is 0 Å². The number of nitrogens with zero attached hydrogens (tertiary/aromatic N) is 2. The molecule has 0 spiro atoms. The van der Waals surface area contributed by atoms with Crippen LogP contribution in [0.4, 0.5) is 0 Å². The molecule has 0 amide bonds. The van der Waals surface area contributed by atoms with Crippen molar-refractivity contribution in [3.8, 4) is 0 Å². The van der Waals surface area contributed by atoms with Crippen LogP contribution >= 0.6 is 15.9 Å². The number of aryl methyl sites for hydroxylation is 1. The molecule has 0 saturated heterocycles. The number of rotatable bonds is 2. The number of aromatic nitrogens is 2. The Morgan fingerprint density at radius 3 is 2.57 bits per heavy atom. The summed E-state index contributed by atoms with van der Waals surface area (Å²) in [6, 6.07) is 8.29. The monoisotopic (exact) mass is 250 g/mol. The first-order valence-corrected chi connectivity index (χ1v) is 5.27. The molecule has 0 radical (unpaired) electrons. The molecule has 1 aromatic carbocycles. The molecule has 1 aromatic heterocycles. The number of hydrogen-bond acceptors (Lipinski definition) is 1. The van der Waals surface area contributed by atoms with Crippen LogP contribution in [0.25, 0.3) is 0 Å². The van der Waals surface area contributed by atoms with Gasteiger partial charge in [-0.15, -0.1) is 0 Å². The molecule has 0 saturated carbocycles. The lowest BCUT2D eigenvalue weighted by atomic mass is 10.2. The minimum atomic E-state index is 0.834. The van der Waals surface area contributed by atoms with Crippen molar-refractivity contribution in [3.63, 3.8) is 0 Å². The summed E-state index contributed by atoms with van der Waals surface area (Å²) in [7, 11) is 0. The first kappa shape index (κ1) is 9.46. The zero-order valence-corrected chi connectivity index (χ0v) is 9.53. The van der Waals surface area contributed by atoms with Gasteiger partial charge in [-0.1, -0.05) is 28.1 Å². The SMILES string of the molecule is Cc1cnn(Cc2ccc(Br)cc2)c1. The molecule has 2 rings (SSSR count). The third kappa shape index (κ3) is 2.23. The fraction of sp³-hybridized carbons (Fsp3) is 0.182. The third-order valence-corrected chi connectivity index (χ3v) is 2.55. The highest BCUT2D eigenvalue weighted by molar-refractivity contribution is 9.10. The molecule has 0 aliphatic carbocycles. The first-order valence-electron chi connectivity index (χ1n) is 4.47. The molecule has 0 N–H and O–H groups in total. The zero-order valence-electron chi connectivity index (χ0n) is 7.94. The molecular formula is C11H11BrN2. The smallest absolute Gasteiger partial charge is 0.0659 e. The average Bonchev–Trinajstić information content (AvgIpc) is 2.56. The van der Waals surface area contributed by atoms with Crippen LogP contribution < -0.4 is 0 Å². The molecule has 0 unspecified atom stereocenters. The molecule has 14 heavy (non-hydrogen) atoms. The van der Waals surface area contributed by atoms with Crippen LogP contribution in [0.1, 0.15) is 11.1 Å². The van der Waals surface area contributed by atoms with E-state index in [4.69, 9.17) is 0 Å². The fourth-order valence-corrected chi connectivity index (χ4v) is 1.59. The maximum atomic E-state index is 4.24. The summed E-state index contributed by atoms with van der Waals surface area (Å²) in [6.07, 6.45) is 3.92.